The molecule has 2 aromatic carbocycles. The molecule has 0 fully saturated rings. The fourth-order valence-electron chi connectivity index (χ4n) is 1.94. The minimum atomic E-state index is -0.776. The molecule has 0 aliphatic carbocycles. The van der Waals surface area contributed by atoms with E-state index in [-0.39, 0.29) is 18.2 Å². The number of fused-ring (bicyclic) bond motifs is 1. The minimum Gasteiger partial charge on any atom is -0.508 e. The number of thiol groups is 1. The summed E-state index contributed by atoms with van der Waals surface area (Å²) in [5, 5.41) is 14.2. The monoisotopic (exact) mass is 307 g/mol. The normalized spacial score (nSPS) is 14.4. The summed E-state index contributed by atoms with van der Waals surface area (Å²) in [6.45, 7) is 0.482. The van der Waals surface area contributed by atoms with Crippen LogP contribution in [0, 0.1) is 0 Å². The summed E-state index contributed by atoms with van der Waals surface area (Å²) in [5.74, 6) is 0.244. The number of benzene rings is 2. The van der Waals surface area contributed by atoms with E-state index >= 15 is 0 Å². The third-order valence-corrected chi connectivity index (χ3v) is 3.24. The average molecular weight is 308 g/mol. The molecule has 104 valence electrons. The number of phenols is 1. The summed E-state index contributed by atoms with van der Waals surface area (Å²) >= 11 is 4.53. The van der Waals surface area contributed by atoms with Crippen LogP contribution in [0.25, 0.3) is 0 Å². The van der Waals surface area contributed by atoms with Crippen LogP contribution in [0.2, 0.25) is 0 Å². The number of phenolic OH excluding ortho intramolecular Hbond substituents is 1. The molecule has 0 saturated heterocycles. The average Bonchev–Trinajstić information content (AvgIpc) is 2.75. The molecule has 6 heteroatoms. The van der Waals surface area contributed by atoms with Gasteiger partial charge >= 0.3 is 0 Å². The first-order valence-electron chi connectivity index (χ1n) is 5.95. The maximum absolute atomic E-state index is 9.23. The van der Waals surface area contributed by atoms with E-state index in [1.54, 1.807) is 24.3 Å². The van der Waals surface area contributed by atoms with Crippen molar-refractivity contribution in [2.45, 2.75) is 4.99 Å². The molecule has 0 atom stereocenters. The fourth-order valence-corrected chi connectivity index (χ4v) is 2.24. The third kappa shape index (κ3) is 3.05. The highest BCUT2D eigenvalue weighted by Gasteiger charge is 2.25. The molecule has 0 amide bonds. The Morgan fingerprint density at radius 3 is 2.10 bits per heavy atom. The van der Waals surface area contributed by atoms with Gasteiger partial charge in [-0.3, -0.25) is 0 Å². The molecule has 3 rings (SSSR count). The van der Waals surface area contributed by atoms with Gasteiger partial charge < -0.3 is 10.4 Å². The maximum atomic E-state index is 9.23. The van der Waals surface area contributed by atoms with E-state index in [4.69, 9.17) is 0 Å². The van der Waals surface area contributed by atoms with Crippen molar-refractivity contribution in [1.82, 2.24) is 0 Å². The molecule has 0 radical (unpaired) electrons. The minimum absolute atomic E-state index is 0. The zero-order chi connectivity index (χ0) is 13.3. The van der Waals surface area contributed by atoms with Gasteiger partial charge in [-0.25, -0.2) is 9.98 Å². The van der Waals surface area contributed by atoms with Gasteiger partial charge in [-0.1, -0.05) is 12.1 Å². The van der Waals surface area contributed by atoms with Gasteiger partial charge in [0, 0.05) is 5.69 Å². The Hall–Kier alpha value is -1.72. The Morgan fingerprint density at radius 2 is 1.55 bits per heavy atom. The van der Waals surface area contributed by atoms with Crippen molar-refractivity contribution in [3.05, 3.63) is 59.2 Å². The van der Waals surface area contributed by atoms with Crippen molar-refractivity contribution in [2.75, 3.05) is 11.9 Å². The van der Waals surface area contributed by atoms with Crippen LogP contribution in [-0.4, -0.2) is 16.6 Å². The molecule has 0 saturated carbocycles. The SMILES string of the molecule is Cl.Oc1ccc(NCC2(S)N=c3ccccc3=N2)cc1. The Morgan fingerprint density at radius 1 is 1.00 bits per heavy atom. The molecule has 1 aliphatic heterocycles. The van der Waals surface area contributed by atoms with Gasteiger partial charge in [-0.05, 0) is 36.4 Å². The molecule has 2 N–H and O–H groups in total. The van der Waals surface area contributed by atoms with Crippen molar-refractivity contribution in [3.8, 4) is 5.75 Å². The molecule has 0 bridgehead atoms. The number of halogens is 1. The Balaban J connectivity index is 0.00000147. The molecule has 0 spiro atoms. The van der Waals surface area contributed by atoms with E-state index in [1.807, 2.05) is 24.3 Å². The van der Waals surface area contributed by atoms with Crippen molar-refractivity contribution in [3.63, 3.8) is 0 Å². The Labute approximate surface area is 128 Å². The van der Waals surface area contributed by atoms with Gasteiger partial charge in [0.15, 0.2) is 0 Å². The first-order valence-corrected chi connectivity index (χ1v) is 6.39. The van der Waals surface area contributed by atoms with Gasteiger partial charge in [-0.2, -0.15) is 0 Å². The summed E-state index contributed by atoms with van der Waals surface area (Å²) < 4.78 is 0. The van der Waals surface area contributed by atoms with Crippen molar-refractivity contribution in [2.24, 2.45) is 9.98 Å². The van der Waals surface area contributed by atoms with E-state index in [2.05, 4.69) is 27.9 Å². The van der Waals surface area contributed by atoms with Crippen LogP contribution in [0.4, 0.5) is 5.69 Å². The summed E-state index contributed by atoms with van der Waals surface area (Å²) in [7, 11) is 0. The lowest BCUT2D eigenvalue weighted by atomic mass is 10.3. The Kier molecular flexibility index (Phi) is 4.20. The zero-order valence-electron chi connectivity index (χ0n) is 10.5. The number of hydrogen-bond acceptors (Lipinski definition) is 5. The van der Waals surface area contributed by atoms with Crippen LogP contribution >= 0.6 is 25.0 Å². The summed E-state index contributed by atoms with van der Waals surface area (Å²) in [4.78, 5) is 8.23. The first kappa shape index (κ1) is 14.7. The topological polar surface area (TPSA) is 57.0 Å². The van der Waals surface area contributed by atoms with Gasteiger partial charge in [0.1, 0.15) is 5.75 Å². The van der Waals surface area contributed by atoms with Crippen molar-refractivity contribution >= 4 is 30.7 Å². The quantitative estimate of drug-likeness (QED) is 0.598. The summed E-state index contributed by atoms with van der Waals surface area (Å²) in [6, 6.07) is 14.6. The highest BCUT2D eigenvalue weighted by molar-refractivity contribution is 7.81. The molecular weight excluding hydrogens is 294 g/mol. The van der Waals surface area contributed by atoms with Crippen LogP contribution in [0.3, 0.4) is 0 Å². The second-order valence-corrected chi connectivity index (χ2v) is 5.10. The first-order chi connectivity index (χ1) is 9.15. The molecule has 1 heterocycles. The second-order valence-electron chi connectivity index (χ2n) is 4.39. The number of nitrogens with one attached hydrogen (secondary N) is 1. The second kappa shape index (κ2) is 5.73. The molecule has 20 heavy (non-hydrogen) atoms. The van der Waals surface area contributed by atoms with Gasteiger partial charge in [0.2, 0.25) is 4.99 Å². The standard InChI is InChI=1S/C14H13N3OS.ClH/c18-11-7-5-10(6-8-11)15-9-14(19)16-12-3-1-2-4-13(12)17-14;/h1-8,15,18-19H,9H2;1H. The van der Waals surface area contributed by atoms with Crippen LogP contribution in [0.15, 0.2) is 58.5 Å². The molecule has 0 aromatic heterocycles. The van der Waals surface area contributed by atoms with E-state index in [0.717, 1.165) is 16.4 Å². The molecule has 1 aliphatic rings. The van der Waals surface area contributed by atoms with Crippen LogP contribution in [0.5, 0.6) is 5.75 Å². The zero-order valence-corrected chi connectivity index (χ0v) is 12.2. The van der Waals surface area contributed by atoms with Gasteiger partial charge in [-0.15, -0.1) is 25.0 Å². The number of aromatic hydroxyl groups is 1. The predicted molar refractivity (Wildman–Crippen MR) is 84.3 cm³/mol. The van der Waals surface area contributed by atoms with E-state index in [0.29, 0.717) is 6.54 Å². The van der Waals surface area contributed by atoms with E-state index in [9.17, 15) is 5.11 Å². The van der Waals surface area contributed by atoms with Gasteiger partial charge in [0.05, 0.1) is 17.3 Å². The van der Waals surface area contributed by atoms with Gasteiger partial charge in [0.25, 0.3) is 0 Å². The highest BCUT2D eigenvalue weighted by atomic mass is 35.5. The number of rotatable bonds is 3. The molecule has 2 aromatic rings. The van der Waals surface area contributed by atoms with Crippen molar-refractivity contribution < 1.29 is 5.11 Å². The van der Waals surface area contributed by atoms with E-state index in [1.165, 1.54) is 0 Å². The highest BCUT2D eigenvalue weighted by Crippen LogP contribution is 2.21. The largest absolute Gasteiger partial charge is 0.508 e. The van der Waals surface area contributed by atoms with E-state index < -0.39 is 4.99 Å². The Bertz CT molecular complexity index is 683. The number of hydrogen-bond donors (Lipinski definition) is 3. The maximum Gasteiger partial charge on any atom is 0.212 e. The molecule has 4 nitrogen and oxygen atoms in total. The van der Waals surface area contributed by atoms with Crippen LogP contribution in [0.1, 0.15) is 0 Å². The lowest BCUT2D eigenvalue weighted by molar-refractivity contribution is 0.475. The smallest absolute Gasteiger partial charge is 0.212 e. The summed E-state index contributed by atoms with van der Waals surface area (Å²) in [5.41, 5.74) is 0.896. The number of anilines is 1. The predicted octanol–water partition coefficient (Wildman–Crippen LogP) is 1.76. The van der Waals surface area contributed by atoms with Crippen LogP contribution in [-0.2, 0) is 0 Å². The lowest BCUT2D eigenvalue weighted by Gasteiger charge is -2.17. The molecule has 0 unspecified atom stereocenters. The number of para-hydroxylation sites is 2. The third-order valence-electron chi connectivity index (χ3n) is 2.88. The lowest BCUT2D eigenvalue weighted by Crippen LogP contribution is -2.26. The number of nitrogens with zero attached hydrogens (tertiary/aromatic N) is 2. The fraction of sp³-hybridized carbons (Fsp3) is 0.143. The van der Waals surface area contributed by atoms with Crippen LogP contribution < -0.4 is 16.0 Å². The molecular formula is C14H14ClN3OS. The van der Waals surface area contributed by atoms with Crippen molar-refractivity contribution in [1.29, 1.82) is 0 Å². The summed E-state index contributed by atoms with van der Waals surface area (Å²) in [6.07, 6.45) is 0.